The average molecular weight is 342 g/mol. The number of hydrogen-bond acceptors (Lipinski definition) is 2. The molecule has 0 aromatic heterocycles. The molecule has 0 fully saturated rings. The van der Waals surface area contributed by atoms with Crippen molar-refractivity contribution in [3.05, 3.63) is 64.1 Å². The smallest absolute Gasteiger partial charge is 0.330 e. The lowest BCUT2D eigenvalue weighted by Gasteiger charge is -2.17. The number of carboxylic acid groups (broad SMARTS) is 1. The van der Waals surface area contributed by atoms with Gasteiger partial charge in [0, 0.05) is 16.2 Å². The summed E-state index contributed by atoms with van der Waals surface area (Å²) in [5.41, 5.74) is 0.523. The molecule has 2 aromatic rings. The molecular formula is C14H10BrF2NO2. The van der Waals surface area contributed by atoms with Crippen LogP contribution in [0.3, 0.4) is 0 Å². The minimum atomic E-state index is -1.25. The standard InChI is InChI=1S/C14H10BrF2NO2/c15-11-3-1-2-4-12(11)18-13(14(19)20)8-5-9(16)7-10(17)6-8/h1-7,13,18H,(H,19,20). The van der Waals surface area contributed by atoms with Crippen LogP contribution in [0.5, 0.6) is 0 Å². The Morgan fingerprint density at radius 1 is 1.15 bits per heavy atom. The highest BCUT2D eigenvalue weighted by Crippen LogP contribution is 2.27. The van der Waals surface area contributed by atoms with Crippen molar-refractivity contribution in [1.29, 1.82) is 0 Å². The number of benzene rings is 2. The number of anilines is 1. The van der Waals surface area contributed by atoms with Gasteiger partial charge in [-0.25, -0.2) is 13.6 Å². The maximum absolute atomic E-state index is 13.2. The summed E-state index contributed by atoms with van der Waals surface area (Å²) >= 11 is 3.27. The monoisotopic (exact) mass is 341 g/mol. The second kappa shape index (κ2) is 6.00. The second-order valence-electron chi connectivity index (χ2n) is 4.10. The molecule has 6 heteroatoms. The van der Waals surface area contributed by atoms with E-state index in [1.807, 2.05) is 0 Å². The predicted molar refractivity (Wildman–Crippen MR) is 74.5 cm³/mol. The Labute approximate surface area is 122 Å². The van der Waals surface area contributed by atoms with Crippen molar-refractivity contribution in [2.45, 2.75) is 6.04 Å². The van der Waals surface area contributed by atoms with Crippen molar-refractivity contribution >= 4 is 27.6 Å². The number of halogens is 3. The van der Waals surface area contributed by atoms with E-state index in [2.05, 4.69) is 21.2 Å². The third-order valence-corrected chi connectivity index (χ3v) is 3.33. The topological polar surface area (TPSA) is 49.3 Å². The van der Waals surface area contributed by atoms with E-state index < -0.39 is 23.6 Å². The number of rotatable bonds is 4. The van der Waals surface area contributed by atoms with Crippen LogP contribution in [0.4, 0.5) is 14.5 Å². The van der Waals surface area contributed by atoms with Gasteiger partial charge in [0.25, 0.3) is 0 Å². The van der Waals surface area contributed by atoms with Crippen LogP contribution in [0.2, 0.25) is 0 Å². The minimum absolute atomic E-state index is 0.00533. The third-order valence-electron chi connectivity index (χ3n) is 2.64. The van der Waals surface area contributed by atoms with E-state index in [9.17, 15) is 18.7 Å². The van der Waals surface area contributed by atoms with Crippen molar-refractivity contribution < 1.29 is 18.7 Å². The Balaban J connectivity index is 2.37. The zero-order valence-electron chi connectivity index (χ0n) is 10.1. The quantitative estimate of drug-likeness (QED) is 0.884. The van der Waals surface area contributed by atoms with Crippen molar-refractivity contribution in [1.82, 2.24) is 0 Å². The van der Waals surface area contributed by atoms with Crippen LogP contribution >= 0.6 is 15.9 Å². The Hall–Kier alpha value is -1.95. The molecule has 20 heavy (non-hydrogen) atoms. The number of hydrogen-bond donors (Lipinski definition) is 2. The fourth-order valence-corrected chi connectivity index (χ4v) is 2.16. The first-order chi connectivity index (χ1) is 9.47. The molecule has 104 valence electrons. The van der Waals surface area contributed by atoms with Gasteiger partial charge >= 0.3 is 5.97 Å². The molecular weight excluding hydrogens is 332 g/mol. The van der Waals surface area contributed by atoms with Crippen LogP contribution in [0, 0.1) is 11.6 Å². The maximum Gasteiger partial charge on any atom is 0.330 e. The molecule has 0 radical (unpaired) electrons. The van der Waals surface area contributed by atoms with Gasteiger partial charge in [0.15, 0.2) is 6.04 Å². The normalized spacial score (nSPS) is 11.9. The molecule has 0 heterocycles. The maximum atomic E-state index is 13.2. The zero-order valence-corrected chi connectivity index (χ0v) is 11.7. The molecule has 1 unspecified atom stereocenters. The summed E-state index contributed by atoms with van der Waals surface area (Å²) in [5, 5.41) is 12.0. The lowest BCUT2D eigenvalue weighted by molar-refractivity contribution is -0.138. The molecule has 0 aliphatic carbocycles. The van der Waals surface area contributed by atoms with Gasteiger partial charge in [-0.15, -0.1) is 0 Å². The Morgan fingerprint density at radius 2 is 1.75 bits per heavy atom. The molecule has 2 N–H and O–H groups in total. The van der Waals surface area contributed by atoms with Gasteiger partial charge in [-0.3, -0.25) is 0 Å². The van der Waals surface area contributed by atoms with Crippen LogP contribution in [0.15, 0.2) is 46.9 Å². The highest BCUT2D eigenvalue weighted by molar-refractivity contribution is 9.10. The molecule has 0 aliphatic rings. The van der Waals surface area contributed by atoms with Gasteiger partial charge in [-0.1, -0.05) is 12.1 Å². The van der Waals surface area contributed by atoms with Gasteiger partial charge in [-0.05, 0) is 45.8 Å². The van der Waals surface area contributed by atoms with Gasteiger partial charge in [0.1, 0.15) is 11.6 Å². The van der Waals surface area contributed by atoms with Crippen molar-refractivity contribution in [3.63, 3.8) is 0 Å². The second-order valence-corrected chi connectivity index (χ2v) is 4.95. The first kappa shape index (κ1) is 14.5. The molecule has 0 aliphatic heterocycles. The molecule has 2 rings (SSSR count). The third kappa shape index (κ3) is 3.33. The summed E-state index contributed by atoms with van der Waals surface area (Å²) in [6.07, 6.45) is 0. The van der Waals surface area contributed by atoms with Gasteiger partial charge in [-0.2, -0.15) is 0 Å². The van der Waals surface area contributed by atoms with Crippen molar-refractivity contribution in [2.24, 2.45) is 0 Å². The number of carboxylic acids is 1. The number of nitrogens with one attached hydrogen (secondary N) is 1. The Bertz CT molecular complexity index is 629. The molecule has 0 amide bonds. The summed E-state index contributed by atoms with van der Waals surface area (Å²) in [7, 11) is 0. The Kier molecular flexibility index (Phi) is 4.34. The lowest BCUT2D eigenvalue weighted by Crippen LogP contribution is -2.21. The fourth-order valence-electron chi connectivity index (χ4n) is 1.76. The largest absolute Gasteiger partial charge is 0.479 e. The van der Waals surface area contributed by atoms with Crippen molar-refractivity contribution in [2.75, 3.05) is 5.32 Å². The summed E-state index contributed by atoms with van der Waals surface area (Å²) in [4.78, 5) is 11.3. The highest BCUT2D eigenvalue weighted by atomic mass is 79.9. The fraction of sp³-hybridized carbons (Fsp3) is 0.0714. The van der Waals surface area contributed by atoms with E-state index in [1.165, 1.54) is 0 Å². The van der Waals surface area contributed by atoms with Crippen LogP contribution in [-0.4, -0.2) is 11.1 Å². The van der Waals surface area contributed by atoms with Crippen LogP contribution in [0.25, 0.3) is 0 Å². The lowest BCUT2D eigenvalue weighted by atomic mass is 10.1. The average Bonchev–Trinajstić information content (AvgIpc) is 2.36. The number of carbonyl (C=O) groups is 1. The van der Waals surface area contributed by atoms with Crippen LogP contribution < -0.4 is 5.32 Å². The van der Waals surface area contributed by atoms with Gasteiger partial charge in [0.2, 0.25) is 0 Å². The molecule has 1 atom stereocenters. The number of para-hydroxylation sites is 1. The van der Waals surface area contributed by atoms with E-state index in [4.69, 9.17) is 0 Å². The minimum Gasteiger partial charge on any atom is -0.479 e. The first-order valence-electron chi connectivity index (χ1n) is 5.67. The van der Waals surface area contributed by atoms with Crippen molar-refractivity contribution in [3.8, 4) is 0 Å². The summed E-state index contributed by atoms with van der Waals surface area (Å²) in [6.45, 7) is 0. The van der Waals surface area contributed by atoms with Crippen LogP contribution in [-0.2, 0) is 4.79 Å². The zero-order chi connectivity index (χ0) is 14.7. The van der Waals surface area contributed by atoms with E-state index >= 15 is 0 Å². The highest BCUT2D eigenvalue weighted by Gasteiger charge is 2.21. The number of aliphatic carboxylic acids is 1. The van der Waals surface area contributed by atoms with E-state index in [-0.39, 0.29) is 5.56 Å². The summed E-state index contributed by atoms with van der Waals surface area (Å²) in [6, 6.07) is 8.31. The predicted octanol–water partition coefficient (Wildman–Crippen LogP) is 3.97. The summed E-state index contributed by atoms with van der Waals surface area (Å²) < 4.78 is 27.1. The van der Waals surface area contributed by atoms with Gasteiger partial charge < -0.3 is 10.4 Å². The van der Waals surface area contributed by atoms with E-state index in [0.29, 0.717) is 16.2 Å². The van der Waals surface area contributed by atoms with Crippen LogP contribution in [0.1, 0.15) is 11.6 Å². The Morgan fingerprint density at radius 3 is 2.30 bits per heavy atom. The first-order valence-corrected chi connectivity index (χ1v) is 6.46. The molecule has 3 nitrogen and oxygen atoms in total. The van der Waals surface area contributed by atoms with Gasteiger partial charge in [0.05, 0.1) is 0 Å². The van der Waals surface area contributed by atoms with E-state index in [0.717, 1.165) is 12.1 Å². The molecule has 0 bridgehead atoms. The SMILES string of the molecule is O=C(O)C(Nc1ccccc1Br)c1cc(F)cc(F)c1. The molecule has 0 saturated heterocycles. The molecule has 0 spiro atoms. The van der Waals surface area contributed by atoms with E-state index in [1.54, 1.807) is 24.3 Å². The summed E-state index contributed by atoms with van der Waals surface area (Å²) in [5.74, 6) is -2.87. The molecule has 2 aromatic carbocycles. The molecule has 0 saturated carbocycles.